The maximum absolute atomic E-state index is 12.5. The Hall–Kier alpha value is -0.910. The van der Waals surface area contributed by atoms with Crippen molar-refractivity contribution in [3.05, 3.63) is 0 Å². The van der Waals surface area contributed by atoms with Crippen molar-refractivity contribution in [1.82, 2.24) is 10.2 Å². The molecule has 1 saturated heterocycles. The fraction of sp³-hybridized carbons (Fsp3) is 0.846. The minimum absolute atomic E-state index is 0.0440. The van der Waals surface area contributed by atoms with Gasteiger partial charge in [0.15, 0.2) is 0 Å². The predicted molar refractivity (Wildman–Crippen MR) is 76.1 cm³/mol. The van der Waals surface area contributed by atoms with E-state index in [-0.39, 0.29) is 17.9 Å². The van der Waals surface area contributed by atoms with Crippen LogP contribution in [0.15, 0.2) is 0 Å². The van der Waals surface area contributed by atoms with Crippen LogP contribution in [0.2, 0.25) is 0 Å². The molecule has 5 nitrogen and oxygen atoms in total. The van der Waals surface area contributed by atoms with Crippen LogP contribution in [-0.4, -0.2) is 51.6 Å². The summed E-state index contributed by atoms with van der Waals surface area (Å²) in [5.74, 6) is 0.669. The molecule has 1 aliphatic rings. The van der Waals surface area contributed by atoms with Gasteiger partial charge in [0.1, 0.15) is 6.04 Å². The molecule has 6 heteroatoms. The van der Waals surface area contributed by atoms with Gasteiger partial charge in [-0.15, -0.1) is 0 Å². The first-order chi connectivity index (χ1) is 8.81. The summed E-state index contributed by atoms with van der Waals surface area (Å²) in [6, 6.07) is -0.538. The van der Waals surface area contributed by atoms with E-state index in [1.165, 1.54) is 0 Å². The second-order valence-electron chi connectivity index (χ2n) is 5.62. The van der Waals surface area contributed by atoms with Gasteiger partial charge in [0, 0.05) is 41.8 Å². The zero-order chi connectivity index (χ0) is 14.6. The molecule has 1 N–H and O–H groups in total. The van der Waals surface area contributed by atoms with E-state index in [1.807, 2.05) is 20.8 Å². The second-order valence-corrected chi connectivity index (χ2v) is 7.10. The average molecular weight is 288 g/mol. The summed E-state index contributed by atoms with van der Waals surface area (Å²) in [5.41, 5.74) is 0. The van der Waals surface area contributed by atoms with Crippen LogP contribution in [0.1, 0.15) is 33.6 Å². The monoisotopic (exact) mass is 288 g/mol. The van der Waals surface area contributed by atoms with Crippen molar-refractivity contribution in [2.75, 3.05) is 18.6 Å². The highest BCUT2D eigenvalue weighted by Crippen LogP contribution is 2.14. The van der Waals surface area contributed by atoms with Crippen molar-refractivity contribution < 1.29 is 13.8 Å². The summed E-state index contributed by atoms with van der Waals surface area (Å²) in [5, 5.41) is 2.79. The number of amides is 2. The van der Waals surface area contributed by atoms with Crippen LogP contribution < -0.4 is 5.32 Å². The predicted octanol–water partition coefficient (Wildman–Crippen LogP) is 0.517. The van der Waals surface area contributed by atoms with Gasteiger partial charge in [-0.1, -0.05) is 13.8 Å². The summed E-state index contributed by atoms with van der Waals surface area (Å²) in [4.78, 5) is 25.8. The summed E-state index contributed by atoms with van der Waals surface area (Å²) < 4.78 is 11.3. The molecule has 1 rings (SSSR count). The van der Waals surface area contributed by atoms with E-state index in [4.69, 9.17) is 0 Å². The zero-order valence-electron chi connectivity index (χ0n) is 12.1. The first-order valence-electron chi connectivity index (χ1n) is 6.71. The van der Waals surface area contributed by atoms with E-state index in [0.717, 1.165) is 0 Å². The zero-order valence-corrected chi connectivity index (χ0v) is 13.0. The number of nitrogens with one attached hydrogen (secondary N) is 1. The number of hydrogen-bond donors (Lipinski definition) is 1. The molecule has 0 aromatic carbocycles. The Morgan fingerprint density at radius 3 is 2.53 bits per heavy atom. The van der Waals surface area contributed by atoms with Crippen LogP contribution in [-0.2, 0) is 20.4 Å². The maximum atomic E-state index is 12.5. The van der Waals surface area contributed by atoms with Gasteiger partial charge in [0.25, 0.3) is 0 Å². The molecule has 0 aromatic rings. The molecule has 0 saturated carbocycles. The van der Waals surface area contributed by atoms with Crippen LogP contribution in [0.4, 0.5) is 0 Å². The largest absolute Gasteiger partial charge is 0.344 e. The first kappa shape index (κ1) is 16.1. The number of carbonyl (C=O) groups excluding carboxylic acids is 2. The van der Waals surface area contributed by atoms with Gasteiger partial charge in [-0.05, 0) is 19.3 Å². The Morgan fingerprint density at radius 1 is 1.37 bits per heavy atom. The molecule has 1 fully saturated rings. The number of carbonyl (C=O) groups is 2. The Kier molecular flexibility index (Phi) is 5.97. The Bertz CT molecular complexity index is 371. The Morgan fingerprint density at radius 2 is 2.00 bits per heavy atom. The summed E-state index contributed by atoms with van der Waals surface area (Å²) in [6.07, 6.45) is 2.60. The number of rotatable bonds is 5. The third-order valence-corrected chi connectivity index (χ3v) is 4.16. The van der Waals surface area contributed by atoms with E-state index in [0.29, 0.717) is 31.1 Å². The molecule has 3 unspecified atom stereocenters. The third kappa shape index (κ3) is 4.93. The summed E-state index contributed by atoms with van der Waals surface area (Å²) >= 11 is 0. The highest BCUT2D eigenvalue weighted by Gasteiger charge is 2.32. The molecule has 1 aliphatic heterocycles. The van der Waals surface area contributed by atoms with E-state index in [1.54, 1.807) is 11.2 Å². The molecule has 2 amide bonds. The molecule has 0 aromatic heterocycles. The minimum Gasteiger partial charge on any atom is -0.344 e. The van der Waals surface area contributed by atoms with Gasteiger partial charge >= 0.3 is 0 Å². The van der Waals surface area contributed by atoms with Crippen LogP contribution >= 0.6 is 0 Å². The molecular formula is C13H24N2O3S. The van der Waals surface area contributed by atoms with Gasteiger partial charge in [-0.3, -0.25) is 13.8 Å². The second kappa shape index (κ2) is 7.03. The van der Waals surface area contributed by atoms with E-state index in [2.05, 4.69) is 5.32 Å². The number of hydrogen-bond acceptors (Lipinski definition) is 3. The van der Waals surface area contributed by atoms with Crippen LogP contribution in [0.5, 0.6) is 0 Å². The van der Waals surface area contributed by atoms with Gasteiger partial charge in [-0.25, -0.2) is 0 Å². The van der Waals surface area contributed by atoms with Crippen molar-refractivity contribution in [2.45, 2.75) is 45.7 Å². The molecule has 19 heavy (non-hydrogen) atoms. The highest BCUT2D eigenvalue weighted by atomic mass is 32.2. The standard InChI is InChI=1S/C13H24N2O3S/c1-9(2)7-11-13(17)15(6-5-12(16)14-11)10(3)8-19(4)18/h9-11H,5-8H2,1-4H3,(H,14,16). The quantitative estimate of drug-likeness (QED) is 0.802. The minimum atomic E-state index is -0.948. The molecule has 0 radical (unpaired) electrons. The average Bonchev–Trinajstić information content (AvgIpc) is 2.38. The topological polar surface area (TPSA) is 66.5 Å². The number of nitrogens with zero attached hydrogens (tertiary/aromatic N) is 1. The summed E-state index contributed by atoms with van der Waals surface area (Å²) in [6.45, 7) is 6.36. The Balaban J connectivity index is 2.82. The fourth-order valence-electron chi connectivity index (χ4n) is 2.36. The molecule has 110 valence electrons. The Labute approximate surface area is 117 Å². The van der Waals surface area contributed by atoms with Crippen molar-refractivity contribution in [2.24, 2.45) is 5.92 Å². The third-order valence-electron chi connectivity index (χ3n) is 3.21. The smallest absolute Gasteiger partial charge is 0.245 e. The molecule has 3 atom stereocenters. The van der Waals surface area contributed by atoms with Crippen molar-refractivity contribution in [1.29, 1.82) is 0 Å². The maximum Gasteiger partial charge on any atom is 0.245 e. The van der Waals surface area contributed by atoms with E-state index < -0.39 is 16.8 Å². The normalized spacial score (nSPS) is 24.1. The van der Waals surface area contributed by atoms with Gasteiger partial charge < -0.3 is 10.2 Å². The van der Waals surface area contributed by atoms with E-state index >= 15 is 0 Å². The lowest BCUT2D eigenvalue weighted by molar-refractivity contribution is -0.135. The van der Waals surface area contributed by atoms with Crippen molar-refractivity contribution >= 4 is 22.6 Å². The molecular weight excluding hydrogens is 264 g/mol. The molecule has 1 heterocycles. The molecule has 0 bridgehead atoms. The lowest BCUT2D eigenvalue weighted by Gasteiger charge is -2.30. The van der Waals surface area contributed by atoms with Crippen LogP contribution in [0.25, 0.3) is 0 Å². The van der Waals surface area contributed by atoms with Gasteiger partial charge in [0.05, 0.1) is 0 Å². The van der Waals surface area contributed by atoms with E-state index in [9.17, 15) is 13.8 Å². The lowest BCUT2D eigenvalue weighted by Crippen LogP contribution is -2.49. The fourth-order valence-corrected chi connectivity index (χ4v) is 3.22. The van der Waals surface area contributed by atoms with Crippen molar-refractivity contribution in [3.63, 3.8) is 0 Å². The van der Waals surface area contributed by atoms with Crippen molar-refractivity contribution in [3.8, 4) is 0 Å². The van der Waals surface area contributed by atoms with Crippen LogP contribution in [0.3, 0.4) is 0 Å². The van der Waals surface area contributed by atoms with Gasteiger partial charge in [0.2, 0.25) is 11.8 Å². The highest BCUT2D eigenvalue weighted by molar-refractivity contribution is 7.84. The molecule has 0 spiro atoms. The lowest BCUT2D eigenvalue weighted by atomic mass is 10.0. The van der Waals surface area contributed by atoms with Crippen LogP contribution in [0, 0.1) is 5.92 Å². The molecule has 0 aliphatic carbocycles. The van der Waals surface area contributed by atoms with Gasteiger partial charge in [-0.2, -0.15) is 0 Å². The summed E-state index contributed by atoms with van der Waals surface area (Å²) in [7, 11) is -0.948. The SMILES string of the molecule is CC(C)CC1NC(=O)CCN(C(C)CS(C)=O)C1=O. The first-order valence-corrected chi connectivity index (χ1v) is 8.43.